The summed E-state index contributed by atoms with van der Waals surface area (Å²) < 4.78 is 15.1. The fraction of sp³-hybridized carbons (Fsp3) is 0.433. The van der Waals surface area contributed by atoms with E-state index in [4.69, 9.17) is 5.11 Å². The molecule has 4 N–H and O–H groups in total. The van der Waals surface area contributed by atoms with Crippen molar-refractivity contribution in [3.63, 3.8) is 0 Å². The number of hydrogen-bond donors (Lipinski definition) is 4. The lowest BCUT2D eigenvalue weighted by molar-refractivity contribution is -0.156. The smallest absolute Gasteiger partial charge is 0.321 e. The van der Waals surface area contributed by atoms with Gasteiger partial charge in [0.05, 0.1) is 18.4 Å². The average Bonchev–Trinajstić information content (AvgIpc) is 3.24. The minimum Gasteiger partial charge on any atom is -0.481 e. The van der Waals surface area contributed by atoms with Crippen LogP contribution >= 0.6 is 0 Å². The molecule has 4 amide bonds. The van der Waals surface area contributed by atoms with E-state index in [-0.39, 0.29) is 23.1 Å². The van der Waals surface area contributed by atoms with Crippen molar-refractivity contribution in [2.45, 2.75) is 58.2 Å². The third kappa shape index (κ3) is 6.22. The van der Waals surface area contributed by atoms with Crippen LogP contribution in [0.1, 0.15) is 57.2 Å². The van der Waals surface area contributed by atoms with Crippen LogP contribution in [0.2, 0.25) is 0 Å². The highest BCUT2D eigenvalue weighted by atomic mass is 19.1. The minimum absolute atomic E-state index is 0.0858. The summed E-state index contributed by atoms with van der Waals surface area (Å²) in [7, 11) is 0. The molecule has 12 heteroatoms. The van der Waals surface area contributed by atoms with E-state index in [0.29, 0.717) is 25.1 Å². The number of nitrogens with one attached hydrogen (secondary N) is 2. The highest BCUT2D eigenvalue weighted by Crippen LogP contribution is 2.48. The topological polar surface area (TPSA) is 156 Å². The quantitative estimate of drug-likeness (QED) is 0.389. The van der Waals surface area contributed by atoms with Crippen molar-refractivity contribution in [3.8, 4) is 0 Å². The van der Waals surface area contributed by atoms with Crippen molar-refractivity contribution in [1.82, 2.24) is 15.1 Å². The largest absolute Gasteiger partial charge is 0.481 e. The van der Waals surface area contributed by atoms with Crippen molar-refractivity contribution in [3.05, 3.63) is 65.5 Å². The Morgan fingerprint density at radius 3 is 2.38 bits per heavy atom. The molecule has 0 bridgehead atoms. The van der Waals surface area contributed by atoms with Crippen LogP contribution in [0.3, 0.4) is 0 Å². The Morgan fingerprint density at radius 2 is 1.76 bits per heavy atom. The number of aliphatic carboxylic acids is 2. The number of halogens is 1. The van der Waals surface area contributed by atoms with Crippen molar-refractivity contribution in [2.75, 3.05) is 18.4 Å². The lowest BCUT2D eigenvalue weighted by Crippen LogP contribution is -2.69. The molecule has 0 aliphatic carbocycles. The molecule has 2 fully saturated rings. The van der Waals surface area contributed by atoms with Gasteiger partial charge in [0.15, 0.2) is 5.66 Å². The molecule has 2 saturated heterocycles. The van der Waals surface area contributed by atoms with Crippen LogP contribution in [0.25, 0.3) is 0 Å². The summed E-state index contributed by atoms with van der Waals surface area (Å²) in [5.41, 5.74) is -1.87. The first-order valence-electron chi connectivity index (χ1n) is 13.7. The monoisotopic (exact) mass is 582 g/mol. The molecule has 2 aromatic rings. The lowest BCUT2D eigenvalue weighted by Gasteiger charge is -2.46. The summed E-state index contributed by atoms with van der Waals surface area (Å²) in [6, 6.07) is 9.24. The predicted octanol–water partition coefficient (Wildman–Crippen LogP) is 3.61. The average molecular weight is 583 g/mol. The number of hydrogen-bond acceptors (Lipinski definition) is 5. The second kappa shape index (κ2) is 11.8. The fourth-order valence-electron chi connectivity index (χ4n) is 6.20. The van der Waals surface area contributed by atoms with E-state index in [2.05, 4.69) is 10.6 Å². The zero-order chi connectivity index (χ0) is 30.8. The molecule has 2 aliphatic heterocycles. The van der Waals surface area contributed by atoms with Crippen LogP contribution < -0.4 is 10.6 Å². The molecule has 3 atom stereocenters. The van der Waals surface area contributed by atoms with E-state index < -0.39 is 59.6 Å². The van der Waals surface area contributed by atoms with Crippen molar-refractivity contribution < 1.29 is 38.6 Å². The Bertz CT molecular complexity index is 1410. The molecule has 0 aromatic heterocycles. The Kier molecular flexibility index (Phi) is 8.55. The lowest BCUT2D eigenvalue weighted by atomic mass is 9.83. The number of amides is 4. The highest BCUT2D eigenvalue weighted by molar-refractivity contribution is 5.99. The molecule has 11 nitrogen and oxygen atoms in total. The molecule has 2 heterocycles. The fourth-order valence-corrected chi connectivity index (χ4v) is 6.20. The molecule has 42 heavy (non-hydrogen) atoms. The molecule has 0 saturated carbocycles. The Hall–Kier alpha value is -4.48. The van der Waals surface area contributed by atoms with Gasteiger partial charge in [-0.25, -0.2) is 9.18 Å². The van der Waals surface area contributed by atoms with Gasteiger partial charge in [-0.3, -0.25) is 19.2 Å². The molecule has 2 aromatic carbocycles. The minimum atomic E-state index is -2.15. The van der Waals surface area contributed by atoms with Gasteiger partial charge in [-0.2, -0.15) is 0 Å². The molecule has 2 aliphatic rings. The first kappa shape index (κ1) is 30.5. The van der Waals surface area contributed by atoms with Gasteiger partial charge < -0.3 is 30.6 Å². The zero-order valence-electron chi connectivity index (χ0n) is 23.7. The van der Waals surface area contributed by atoms with Gasteiger partial charge in [-0.15, -0.1) is 0 Å². The van der Waals surface area contributed by atoms with Crippen LogP contribution in [0.4, 0.5) is 14.9 Å². The second-order valence-electron chi connectivity index (χ2n) is 11.7. The normalized spacial score (nSPS) is 23.2. The standard InChI is InChI=1S/C30H35FN4O7/c1-18(36)35-25(21-10-4-5-11-23(21)31)22(26(39)40)16-30(35,27(41)34-13-7-12-29(2,3)17-34)33-28(42)32-20-9-6-8-19(14-20)15-24(37)38/h4-6,8-11,14,22,25H,7,12-13,15-17H2,1-3H3,(H,37,38)(H,39,40)(H2,32,33,42). The van der Waals surface area contributed by atoms with E-state index in [1.807, 2.05) is 13.8 Å². The molecule has 4 rings (SSSR count). The summed E-state index contributed by atoms with van der Waals surface area (Å²) in [6.07, 6.45) is 0.725. The zero-order valence-corrected chi connectivity index (χ0v) is 23.7. The number of benzene rings is 2. The van der Waals surface area contributed by atoms with Crippen molar-refractivity contribution in [1.29, 1.82) is 0 Å². The number of carbonyl (C=O) groups is 5. The number of anilines is 1. The van der Waals surface area contributed by atoms with Gasteiger partial charge >= 0.3 is 18.0 Å². The number of likely N-dealkylation sites (tertiary alicyclic amines) is 2. The first-order chi connectivity index (χ1) is 19.7. The number of carboxylic acid groups (broad SMARTS) is 2. The number of rotatable bonds is 7. The molecule has 0 radical (unpaired) electrons. The van der Waals surface area contributed by atoms with Gasteiger partial charge in [0.2, 0.25) is 5.91 Å². The molecule has 224 valence electrons. The summed E-state index contributed by atoms with van der Waals surface area (Å²) in [5, 5.41) is 24.6. The first-order valence-corrected chi connectivity index (χ1v) is 13.7. The number of urea groups is 1. The SMILES string of the molecule is CC(=O)N1C(c2ccccc2F)C(C(=O)O)CC1(NC(=O)Nc1cccc(CC(=O)O)c1)C(=O)N1CCCC(C)(C)C1. The molecular formula is C30H35FN4O7. The Balaban J connectivity index is 1.80. The molecule has 0 spiro atoms. The Labute approximate surface area is 242 Å². The van der Waals surface area contributed by atoms with Crippen molar-refractivity contribution in [2.24, 2.45) is 11.3 Å². The number of carboxylic acids is 2. The maximum Gasteiger partial charge on any atom is 0.321 e. The number of carbonyl (C=O) groups excluding carboxylic acids is 3. The van der Waals surface area contributed by atoms with Gasteiger partial charge in [-0.05, 0) is 42.0 Å². The summed E-state index contributed by atoms with van der Waals surface area (Å²) in [4.78, 5) is 67.6. The molecular weight excluding hydrogens is 547 g/mol. The van der Waals surface area contributed by atoms with Gasteiger partial charge in [0.25, 0.3) is 5.91 Å². The van der Waals surface area contributed by atoms with E-state index >= 15 is 4.39 Å². The Morgan fingerprint density at radius 1 is 1.05 bits per heavy atom. The van der Waals surface area contributed by atoms with E-state index in [1.54, 1.807) is 12.1 Å². The van der Waals surface area contributed by atoms with Gasteiger partial charge in [0, 0.05) is 37.7 Å². The highest BCUT2D eigenvalue weighted by Gasteiger charge is 2.62. The van der Waals surface area contributed by atoms with Crippen LogP contribution in [-0.4, -0.2) is 68.5 Å². The summed E-state index contributed by atoms with van der Waals surface area (Å²) in [5.74, 6) is -5.97. The van der Waals surface area contributed by atoms with Crippen LogP contribution in [0, 0.1) is 17.2 Å². The van der Waals surface area contributed by atoms with Crippen LogP contribution in [0.15, 0.2) is 48.5 Å². The molecule has 3 unspecified atom stereocenters. The summed E-state index contributed by atoms with van der Waals surface area (Å²) in [6.45, 7) is 5.77. The third-order valence-corrected chi connectivity index (χ3v) is 7.87. The predicted molar refractivity (Wildman–Crippen MR) is 150 cm³/mol. The second-order valence-corrected chi connectivity index (χ2v) is 11.7. The van der Waals surface area contributed by atoms with Crippen LogP contribution in [0.5, 0.6) is 0 Å². The van der Waals surface area contributed by atoms with E-state index in [0.717, 1.165) is 24.3 Å². The van der Waals surface area contributed by atoms with Crippen LogP contribution in [-0.2, 0) is 25.6 Å². The number of piperidine rings is 1. The number of nitrogens with zero attached hydrogens (tertiary/aromatic N) is 2. The van der Waals surface area contributed by atoms with Gasteiger partial charge in [-0.1, -0.05) is 44.2 Å². The van der Waals surface area contributed by atoms with E-state index in [1.165, 1.54) is 35.2 Å². The van der Waals surface area contributed by atoms with E-state index in [9.17, 15) is 29.1 Å². The van der Waals surface area contributed by atoms with Gasteiger partial charge in [0.1, 0.15) is 5.82 Å². The maximum absolute atomic E-state index is 15.1. The summed E-state index contributed by atoms with van der Waals surface area (Å²) >= 11 is 0. The van der Waals surface area contributed by atoms with Crippen molar-refractivity contribution >= 4 is 35.5 Å². The third-order valence-electron chi connectivity index (χ3n) is 7.87. The maximum atomic E-state index is 15.1.